The lowest BCUT2D eigenvalue weighted by atomic mass is 10.2. The molecule has 15 heavy (non-hydrogen) atoms. The Morgan fingerprint density at radius 2 is 2.20 bits per heavy atom. The highest BCUT2D eigenvalue weighted by atomic mass is 15.2. The van der Waals surface area contributed by atoms with Crippen LogP contribution in [-0.4, -0.2) is 22.9 Å². The van der Waals surface area contributed by atoms with Crippen LogP contribution < -0.4 is 5.32 Å². The quantitative estimate of drug-likeness (QED) is 0.696. The van der Waals surface area contributed by atoms with Gasteiger partial charge < -0.3 is 5.32 Å². The fourth-order valence-electron chi connectivity index (χ4n) is 1.59. The van der Waals surface area contributed by atoms with Crippen LogP contribution in [0.5, 0.6) is 0 Å². The zero-order valence-corrected chi connectivity index (χ0v) is 10.2. The molecule has 0 bridgehead atoms. The van der Waals surface area contributed by atoms with Gasteiger partial charge in [-0.3, -0.25) is 4.68 Å². The Hall–Kier alpha value is -0.830. The highest BCUT2D eigenvalue weighted by molar-refractivity contribution is 4.99. The van der Waals surface area contributed by atoms with Crippen molar-refractivity contribution in [3.63, 3.8) is 0 Å². The van der Waals surface area contributed by atoms with E-state index in [2.05, 4.69) is 30.3 Å². The van der Waals surface area contributed by atoms with Crippen LogP contribution in [0.2, 0.25) is 0 Å². The van der Waals surface area contributed by atoms with Gasteiger partial charge in [0.05, 0.1) is 0 Å². The topological polar surface area (TPSA) is 29.9 Å². The summed E-state index contributed by atoms with van der Waals surface area (Å²) in [5.74, 6) is 0.752. The van der Waals surface area contributed by atoms with E-state index in [0.717, 1.165) is 25.4 Å². The van der Waals surface area contributed by atoms with Crippen molar-refractivity contribution in [2.75, 3.05) is 13.1 Å². The molecule has 0 aliphatic heterocycles. The van der Waals surface area contributed by atoms with Gasteiger partial charge in [0.1, 0.15) is 0 Å². The fourth-order valence-corrected chi connectivity index (χ4v) is 1.59. The molecule has 0 saturated carbocycles. The van der Waals surface area contributed by atoms with E-state index in [1.165, 1.54) is 18.5 Å². The Labute approximate surface area is 92.9 Å². The van der Waals surface area contributed by atoms with Crippen LogP contribution >= 0.6 is 0 Å². The summed E-state index contributed by atoms with van der Waals surface area (Å²) in [4.78, 5) is 0. The van der Waals surface area contributed by atoms with Gasteiger partial charge >= 0.3 is 0 Å². The maximum absolute atomic E-state index is 4.16. The van der Waals surface area contributed by atoms with Gasteiger partial charge in [-0.15, -0.1) is 0 Å². The van der Waals surface area contributed by atoms with Gasteiger partial charge in [-0.05, 0) is 44.3 Å². The SMILES string of the molecule is CC(C)CNCCCCc1ccnn1C. The minimum absolute atomic E-state index is 0.752. The molecule has 3 heteroatoms. The predicted octanol–water partition coefficient (Wildman–Crippen LogP) is 1.99. The van der Waals surface area contributed by atoms with E-state index < -0.39 is 0 Å². The van der Waals surface area contributed by atoms with Crippen molar-refractivity contribution in [3.05, 3.63) is 18.0 Å². The van der Waals surface area contributed by atoms with Crippen molar-refractivity contribution in [3.8, 4) is 0 Å². The summed E-state index contributed by atoms with van der Waals surface area (Å²) in [6.45, 7) is 6.74. The Kier molecular flexibility index (Phi) is 5.40. The zero-order chi connectivity index (χ0) is 11.1. The van der Waals surface area contributed by atoms with Crippen LogP contribution in [0.1, 0.15) is 32.4 Å². The first-order chi connectivity index (χ1) is 7.20. The third-order valence-electron chi connectivity index (χ3n) is 2.51. The first-order valence-corrected chi connectivity index (χ1v) is 5.87. The van der Waals surface area contributed by atoms with Crippen molar-refractivity contribution in [2.45, 2.75) is 33.1 Å². The summed E-state index contributed by atoms with van der Waals surface area (Å²) >= 11 is 0. The number of unbranched alkanes of at least 4 members (excludes halogenated alkanes) is 1. The number of nitrogens with zero attached hydrogens (tertiary/aromatic N) is 2. The lowest BCUT2D eigenvalue weighted by Crippen LogP contribution is -2.20. The maximum Gasteiger partial charge on any atom is 0.0492 e. The number of nitrogens with one attached hydrogen (secondary N) is 1. The molecule has 0 aromatic carbocycles. The number of hydrogen-bond acceptors (Lipinski definition) is 2. The van der Waals surface area contributed by atoms with Crippen molar-refractivity contribution >= 4 is 0 Å². The number of aryl methyl sites for hydroxylation is 2. The average Bonchev–Trinajstić information content (AvgIpc) is 2.57. The van der Waals surface area contributed by atoms with E-state index in [-0.39, 0.29) is 0 Å². The van der Waals surface area contributed by atoms with Gasteiger partial charge in [-0.1, -0.05) is 13.8 Å². The molecule has 1 rings (SSSR count). The van der Waals surface area contributed by atoms with Crippen LogP contribution in [0.4, 0.5) is 0 Å². The van der Waals surface area contributed by atoms with Gasteiger partial charge in [0.2, 0.25) is 0 Å². The second-order valence-corrected chi connectivity index (χ2v) is 4.50. The molecule has 0 fully saturated rings. The van der Waals surface area contributed by atoms with E-state index in [1.54, 1.807) is 0 Å². The van der Waals surface area contributed by atoms with Gasteiger partial charge in [-0.25, -0.2) is 0 Å². The van der Waals surface area contributed by atoms with Gasteiger partial charge in [0, 0.05) is 18.9 Å². The zero-order valence-electron chi connectivity index (χ0n) is 10.2. The molecule has 0 amide bonds. The first kappa shape index (κ1) is 12.2. The fraction of sp³-hybridized carbons (Fsp3) is 0.750. The van der Waals surface area contributed by atoms with Gasteiger partial charge in [0.15, 0.2) is 0 Å². The van der Waals surface area contributed by atoms with Crippen molar-refractivity contribution in [2.24, 2.45) is 13.0 Å². The highest BCUT2D eigenvalue weighted by Crippen LogP contribution is 2.02. The minimum Gasteiger partial charge on any atom is -0.316 e. The van der Waals surface area contributed by atoms with Crippen molar-refractivity contribution in [1.29, 1.82) is 0 Å². The van der Waals surface area contributed by atoms with Crippen LogP contribution in [-0.2, 0) is 13.5 Å². The highest BCUT2D eigenvalue weighted by Gasteiger charge is 1.98. The van der Waals surface area contributed by atoms with E-state index in [4.69, 9.17) is 0 Å². The van der Waals surface area contributed by atoms with Gasteiger partial charge in [-0.2, -0.15) is 5.10 Å². The molecule has 1 N–H and O–H groups in total. The second kappa shape index (κ2) is 6.62. The molecule has 0 radical (unpaired) electrons. The maximum atomic E-state index is 4.16. The third kappa shape index (κ3) is 4.98. The Balaban J connectivity index is 2.00. The molecule has 0 aliphatic rings. The monoisotopic (exact) mass is 209 g/mol. The standard InChI is InChI=1S/C12H23N3/c1-11(2)10-13-8-5-4-6-12-7-9-14-15(12)3/h7,9,11,13H,4-6,8,10H2,1-3H3. The Morgan fingerprint density at radius 3 is 2.80 bits per heavy atom. The van der Waals surface area contributed by atoms with Crippen molar-refractivity contribution in [1.82, 2.24) is 15.1 Å². The largest absolute Gasteiger partial charge is 0.316 e. The molecule has 1 heterocycles. The normalized spacial score (nSPS) is 11.2. The van der Waals surface area contributed by atoms with E-state index >= 15 is 0 Å². The van der Waals surface area contributed by atoms with E-state index in [9.17, 15) is 0 Å². The van der Waals surface area contributed by atoms with Crippen LogP contribution in [0, 0.1) is 5.92 Å². The molecule has 86 valence electrons. The van der Waals surface area contributed by atoms with Gasteiger partial charge in [0.25, 0.3) is 0 Å². The lowest BCUT2D eigenvalue weighted by molar-refractivity contribution is 0.532. The molecule has 1 aromatic heterocycles. The molecule has 0 saturated heterocycles. The summed E-state index contributed by atoms with van der Waals surface area (Å²) in [6, 6.07) is 2.10. The van der Waals surface area contributed by atoms with E-state index in [0.29, 0.717) is 0 Å². The van der Waals surface area contributed by atoms with Crippen LogP contribution in [0.25, 0.3) is 0 Å². The Bertz CT molecular complexity index is 266. The smallest absolute Gasteiger partial charge is 0.0492 e. The molecule has 0 spiro atoms. The minimum atomic E-state index is 0.752. The molecular formula is C12H23N3. The molecule has 3 nitrogen and oxygen atoms in total. The molecular weight excluding hydrogens is 186 g/mol. The lowest BCUT2D eigenvalue weighted by Gasteiger charge is -2.07. The molecule has 0 unspecified atom stereocenters. The van der Waals surface area contributed by atoms with Crippen LogP contribution in [0.3, 0.4) is 0 Å². The summed E-state index contributed by atoms with van der Waals surface area (Å²) in [5.41, 5.74) is 1.33. The summed E-state index contributed by atoms with van der Waals surface area (Å²) in [6.07, 6.45) is 5.49. The van der Waals surface area contributed by atoms with E-state index in [1.807, 2.05) is 17.9 Å². The number of rotatable bonds is 7. The number of hydrogen-bond donors (Lipinski definition) is 1. The predicted molar refractivity (Wildman–Crippen MR) is 63.9 cm³/mol. The summed E-state index contributed by atoms with van der Waals surface area (Å²) in [5, 5.41) is 7.61. The first-order valence-electron chi connectivity index (χ1n) is 5.87. The average molecular weight is 209 g/mol. The molecule has 0 atom stereocenters. The molecule has 0 aliphatic carbocycles. The Morgan fingerprint density at radius 1 is 1.40 bits per heavy atom. The van der Waals surface area contributed by atoms with Crippen molar-refractivity contribution < 1.29 is 0 Å². The number of aromatic nitrogens is 2. The molecule has 1 aromatic rings. The second-order valence-electron chi connectivity index (χ2n) is 4.50. The van der Waals surface area contributed by atoms with Crippen LogP contribution in [0.15, 0.2) is 12.3 Å². The summed E-state index contributed by atoms with van der Waals surface area (Å²) in [7, 11) is 2.01. The third-order valence-corrected chi connectivity index (χ3v) is 2.51. The summed E-state index contributed by atoms with van der Waals surface area (Å²) < 4.78 is 1.96.